The van der Waals surface area contributed by atoms with Crippen LogP contribution in [0.3, 0.4) is 0 Å². The number of nitrogens with two attached hydrogens (primary N) is 1. The molecule has 1 aliphatic heterocycles. The molecule has 0 fully saturated rings. The molecule has 2 rings (SSSR count). The van der Waals surface area contributed by atoms with Crippen molar-refractivity contribution in [3.63, 3.8) is 0 Å². The van der Waals surface area contributed by atoms with Gasteiger partial charge in [0.25, 0.3) is 5.91 Å². The Morgan fingerprint density at radius 1 is 1.56 bits per heavy atom. The predicted molar refractivity (Wildman–Crippen MR) is 63.7 cm³/mol. The van der Waals surface area contributed by atoms with Crippen LogP contribution in [-0.4, -0.2) is 19.1 Å². The Hall–Kier alpha value is -1.68. The largest absolute Gasteiger partial charge is 0.482 e. The van der Waals surface area contributed by atoms with Crippen LogP contribution in [0, 0.1) is 0 Å². The molecule has 0 bridgehead atoms. The highest BCUT2D eigenvalue weighted by atomic mass is 35.5. The van der Waals surface area contributed by atoms with Crippen molar-refractivity contribution in [3.8, 4) is 5.75 Å². The normalized spacial score (nSPS) is 15.1. The molecule has 0 unspecified atom stereocenters. The lowest BCUT2D eigenvalue weighted by Crippen LogP contribution is -2.38. The molecule has 0 spiro atoms. The van der Waals surface area contributed by atoms with Crippen molar-refractivity contribution in [2.75, 3.05) is 23.8 Å². The molecular weight excluding hydrogens is 228 g/mol. The summed E-state index contributed by atoms with van der Waals surface area (Å²) < 4.78 is 5.30. The summed E-state index contributed by atoms with van der Waals surface area (Å²) in [6.45, 7) is 0.467. The molecule has 1 heterocycles. The van der Waals surface area contributed by atoms with Crippen LogP contribution >= 0.6 is 11.6 Å². The first-order chi connectivity index (χ1) is 7.72. The SMILES string of the molecule is Nc1ccc2c(c1)N(C/C=C/Cl)C(=O)CO2. The summed E-state index contributed by atoms with van der Waals surface area (Å²) in [5, 5.41) is 0. The Kier molecular flexibility index (Phi) is 3.01. The minimum absolute atomic E-state index is 0.0487. The van der Waals surface area contributed by atoms with E-state index < -0.39 is 0 Å². The van der Waals surface area contributed by atoms with Gasteiger partial charge in [-0.15, -0.1) is 0 Å². The number of hydrogen-bond acceptors (Lipinski definition) is 3. The molecule has 1 aliphatic rings. The second kappa shape index (κ2) is 4.45. The van der Waals surface area contributed by atoms with Gasteiger partial charge in [-0.1, -0.05) is 17.7 Å². The van der Waals surface area contributed by atoms with E-state index in [9.17, 15) is 4.79 Å². The number of carbonyl (C=O) groups is 1. The number of halogens is 1. The Morgan fingerprint density at radius 2 is 2.38 bits per heavy atom. The maximum atomic E-state index is 11.7. The van der Waals surface area contributed by atoms with Crippen LogP contribution in [0.1, 0.15) is 0 Å². The van der Waals surface area contributed by atoms with Gasteiger partial charge in [-0.25, -0.2) is 0 Å². The fourth-order valence-electron chi connectivity index (χ4n) is 1.56. The lowest BCUT2D eigenvalue weighted by Gasteiger charge is -2.28. The van der Waals surface area contributed by atoms with Crippen molar-refractivity contribution in [2.24, 2.45) is 0 Å². The molecule has 1 aromatic rings. The van der Waals surface area contributed by atoms with E-state index in [1.54, 1.807) is 29.2 Å². The Bertz CT molecular complexity index is 446. The smallest absolute Gasteiger partial charge is 0.265 e. The van der Waals surface area contributed by atoms with Crippen LogP contribution < -0.4 is 15.4 Å². The molecule has 16 heavy (non-hydrogen) atoms. The second-order valence-corrected chi connectivity index (χ2v) is 3.63. The van der Waals surface area contributed by atoms with Gasteiger partial charge in [0, 0.05) is 17.8 Å². The zero-order valence-electron chi connectivity index (χ0n) is 8.52. The van der Waals surface area contributed by atoms with Gasteiger partial charge >= 0.3 is 0 Å². The number of hydrogen-bond donors (Lipinski definition) is 1. The van der Waals surface area contributed by atoms with Crippen molar-refractivity contribution in [1.82, 2.24) is 0 Å². The summed E-state index contributed by atoms with van der Waals surface area (Å²) >= 11 is 5.45. The third-order valence-corrected chi connectivity index (χ3v) is 2.48. The molecule has 0 radical (unpaired) electrons. The lowest BCUT2D eigenvalue weighted by molar-refractivity contribution is -0.121. The van der Waals surface area contributed by atoms with Crippen molar-refractivity contribution in [2.45, 2.75) is 0 Å². The number of rotatable bonds is 2. The summed E-state index contributed by atoms with van der Waals surface area (Å²) in [5.74, 6) is 0.560. The number of benzene rings is 1. The van der Waals surface area contributed by atoms with Gasteiger partial charge < -0.3 is 15.4 Å². The van der Waals surface area contributed by atoms with E-state index in [-0.39, 0.29) is 12.5 Å². The van der Waals surface area contributed by atoms with Crippen molar-refractivity contribution in [1.29, 1.82) is 0 Å². The number of nitrogens with zero attached hydrogens (tertiary/aromatic N) is 1. The van der Waals surface area contributed by atoms with Gasteiger partial charge in [-0.3, -0.25) is 4.79 Å². The second-order valence-electron chi connectivity index (χ2n) is 3.38. The van der Waals surface area contributed by atoms with Gasteiger partial charge in [0.05, 0.1) is 5.69 Å². The molecule has 0 aromatic heterocycles. The Labute approximate surface area is 98.2 Å². The van der Waals surface area contributed by atoms with Gasteiger partial charge in [0.1, 0.15) is 5.75 Å². The zero-order valence-corrected chi connectivity index (χ0v) is 9.28. The quantitative estimate of drug-likeness (QED) is 0.799. The van der Waals surface area contributed by atoms with Gasteiger partial charge in [-0.05, 0) is 18.2 Å². The third kappa shape index (κ3) is 1.97. The van der Waals surface area contributed by atoms with Gasteiger partial charge in [-0.2, -0.15) is 0 Å². The number of amides is 1. The predicted octanol–water partition coefficient (Wildman–Crippen LogP) is 1.75. The average molecular weight is 239 g/mol. The number of carbonyl (C=O) groups excluding carboxylic acids is 1. The van der Waals surface area contributed by atoms with Crippen molar-refractivity contribution < 1.29 is 9.53 Å². The van der Waals surface area contributed by atoms with E-state index in [0.29, 0.717) is 23.7 Å². The molecule has 0 saturated heterocycles. The molecule has 0 aliphatic carbocycles. The Balaban J connectivity index is 2.38. The summed E-state index contributed by atoms with van der Waals surface area (Å²) in [4.78, 5) is 13.2. The highest BCUT2D eigenvalue weighted by Gasteiger charge is 2.24. The minimum atomic E-state index is -0.104. The summed E-state index contributed by atoms with van der Waals surface area (Å²) in [7, 11) is 0. The maximum absolute atomic E-state index is 11.7. The fraction of sp³-hybridized carbons (Fsp3) is 0.182. The van der Waals surface area contributed by atoms with E-state index in [1.807, 2.05) is 0 Å². The molecule has 84 valence electrons. The van der Waals surface area contributed by atoms with Crippen LogP contribution in [0.15, 0.2) is 29.8 Å². The maximum Gasteiger partial charge on any atom is 0.265 e. The lowest BCUT2D eigenvalue weighted by atomic mass is 10.2. The summed E-state index contributed by atoms with van der Waals surface area (Å²) in [6.07, 6.45) is 1.69. The monoisotopic (exact) mass is 238 g/mol. The minimum Gasteiger partial charge on any atom is -0.482 e. The van der Waals surface area contributed by atoms with Crippen LogP contribution in [0.25, 0.3) is 0 Å². The number of anilines is 2. The molecule has 0 saturated carbocycles. The average Bonchev–Trinajstić information content (AvgIpc) is 2.28. The van der Waals surface area contributed by atoms with E-state index in [1.165, 1.54) is 5.54 Å². The van der Waals surface area contributed by atoms with E-state index in [4.69, 9.17) is 22.1 Å². The van der Waals surface area contributed by atoms with E-state index in [0.717, 1.165) is 0 Å². The van der Waals surface area contributed by atoms with Gasteiger partial charge in [0.15, 0.2) is 6.61 Å². The first-order valence-corrected chi connectivity index (χ1v) is 5.24. The molecule has 1 amide bonds. The zero-order chi connectivity index (χ0) is 11.5. The highest BCUT2D eigenvalue weighted by molar-refractivity contribution is 6.25. The topological polar surface area (TPSA) is 55.6 Å². The van der Waals surface area contributed by atoms with Crippen LogP contribution in [0.2, 0.25) is 0 Å². The molecule has 4 nitrogen and oxygen atoms in total. The first-order valence-electron chi connectivity index (χ1n) is 4.80. The highest BCUT2D eigenvalue weighted by Crippen LogP contribution is 2.33. The molecule has 5 heteroatoms. The van der Waals surface area contributed by atoms with Crippen LogP contribution in [0.4, 0.5) is 11.4 Å². The fourth-order valence-corrected chi connectivity index (χ4v) is 1.64. The van der Waals surface area contributed by atoms with Gasteiger partial charge in [0.2, 0.25) is 0 Å². The van der Waals surface area contributed by atoms with Crippen LogP contribution in [0.5, 0.6) is 5.75 Å². The Morgan fingerprint density at radius 3 is 3.12 bits per heavy atom. The summed E-state index contributed by atoms with van der Waals surface area (Å²) in [5.41, 5.74) is 8.34. The molecule has 1 aromatic carbocycles. The van der Waals surface area contributed by atoms with Crippen molar-refractivity contribution in [3.05, 3.63) is 29.8 Å². The number of ether oxygens (including phenoxy) is 1. The third-order valence-electron chi connectivity index (χ3n) is 2.30. The molecule has 2 N–H and O–H groups in total. The summed E-state index contributed by atoms with van der Waals surface area (Å²) in [6, 6.07) is 5.22. The number of nitrogen functional groups attached to an aromatic ring is 1. The van der Waals surface area contributed by atoms with Crippen molar-refractivity contribution >= 4 is 28.9 Å². The number of fused-ring (bicyclic) bond motifs is 1. The first kappa shape index (κ1) is 10.8. The molecule has 0 atom stereocenters. The van der Waals surface area contributed by atoms with E-state index >= 15 is 0 Å². The molecular formula is C11H11ClN2O2. The van der Waals surface area contributed by atoms with E-state index in [2.05, 4.69) is 0 Å². The van der Waals surface area contributed by atoms with Crippen LogP contribution in [-0.2, 0) is 4.79 Å². The standard InChI is InChI=1S/C11H11ClN2O2/c12-4-1-5-14-9-6-8(13)2-3-10(9)16-7-11(14)15/h1-4,6H,5,7,13H2/b4-1+.